The van der Waals surface area contributed by atoms with Gasteiger partial charge in [0.15, 0.2) is 11.7 Å². The van der Waals surface area contributed by atoms with E-state index in [0.717, 1.165) is 50.5 Å². The Bertz CT molecular complexity index is 583. The lowest BCUT2D eigenvalue weighted by atomic mass is 10.0. The minimum Gasteiger partial charge on any atom is -0.459 e. The van der Waals surface area contributed by atoms with Crippen LogP contribution >= 0.6 is 24.0 Å². The van der Waals surface area contributed by atoms with E-state index >= 15 is 0 Å². The van der Waals surface area contributed by atoms with Crippen LogP contribution in [0.3, 0.4) is 0 Å². The maximum absolute atomic E-state index is 11.9. The van der Waals surface area contributed by atoms with Gasteiger partial charge in [0.25, 0.3) is 5.91 Å². The van der Waals surface area contributed by atoms with Crippen LogP contribution in [0.2, 0.25) is 0 Å². The molecule has 0 aromatic carbocycles. The van der Waals surface area contributed by atoms with Crippen molar-refractivity contribution in [2.24, 2.45) is 4.99 Å². The van der Waals surface area contributed by atoms with Crippen molar-refractivity contribution in [1.29, 1.82) is 0 Å². The fourth-order valence-electron chi connectivity index (χ4n) is 2.73. The summed E-state index contributed by atoms with van der Waals surface area (Å²) >= 11 is 0. The minimum atomic E-state index is -0.172. The van der Waals surface area contributed by atoms with Gasteiger partial charge in [-0.15, -0.1) is 24.0 Å². The second-order valence-corrected chi connectivity index (χ2v) is 6.57. The van der Waals surface area contributed by atoms with Gasteiger partial charge in [-0.2, -0.15) is 0 Å². The van der Waals surface area contributed by atoms with Gasteiger partial charge in [-0.05, 0) is 46.1 Å². The molecule has 1 fully saturated rings. The Morgan fingerprint density at radius 3 is 2.69 bits per heavy atom. The molecule has 0 spiro atoms. The first-order valence-electron chi connectivity index (χ1n) is 9.02. The number of rotatable bonds is 8. The van der Waals surface area contributed by atoms with E-state index in [1.165, 1.54) is 6.26 Å². The van der Waals surface area contributed by atoms with Gasteiger partial charge in [-0.3, -0.25) is 9.79 Å². The van der Waals surface area contributed by atoms with Gasteiger partial charge in [0.1, 0.15) is 0 Å². The molecular weight excluding hydrogens is 447 g/mol. The number of amides is 1. The molecule has 2 rings (SSSR count). The van der Waals surface area contributed by atoms with Gasteiger partial charge in [0, 0.05) is 31.8 Å². The van der Waals surface area contributed by atoms with Crippen LogP contribution in [0.1, 0.15) is 49.2 Å². The predicted octanol–water partition coefficient (Wildman–Crippen LogP) is 2.45. The molecule has 8 heteroatoms. The monoisotopic (exact) mass is 478 g/mol. The summed E-state index contributed by atoms with van der Waals surface area (Å²) in [7, 11) is 0. The Labute approximate surface area is 172 Å². The average Bonchev–Trinajstić information content (AvgIpc) is 3.21. The molecule has 1 saturated heterocycles. The van der Waals surface area contributed by atoms with Crippen LogP contribution in [0.4, 0.5) is 0 Å². The van der Waals surface area contributed by atoms with Crippen LogP contribution < -0.4 is 16.0 Å². The van der Waals surface area contributed by atoms with Crippen molar-refractivity contribution in [2.75, 3.05) is 32.8 Å². The third kappa shape index (κ3) is 7.14. The normalized spacial score (nSPS) is 19.7. The van der Waals surface area contributed by atoms with E-state index in [-0.39, 0.29) is 35.5 Å². The Morgan fingerprint density at radius 1 is 1.31 bits per heavy atom. The summed E-state index contributed by atoms with van der Waals surface area (Å²) in [6.45, 7) is 9.58. The van der Waals surface area contributed by atoms with Crippen molar-refractivity contribution in [2.45, 2.75) is 45.6 Å². The molecular formula is C18H31IN4O3. The summed E-state index contributed by atoms with van der Waals surface area (Å²) in [4.78, 5) is 16.6. The summed E-state index contributed by atoms with van der Waals surface area (Å²) in [5, 5.41) is 9.39. The van der Waals surface area contributed by atoms with Gasteiger partial charge in [-0.1, -0.05) is 0 Å². The number of nitrogens with one attached hydrogen (secondary N) is 3. The molecule has 1 aromatic heterocycles. The van der Waals surface area contributed by atoms with E-state index in [0.29, 0.717) is 18.8 Å². The molecule has 1 aliphatic rings. The molecule has 2 heterocycles. The number of furan rings is 1. The molecule has 0 aliphatic carbocycles. The van der Waals surface area contributed by atoms with Gasteiger partial charge in [0.2, 0.25) is 0 Å². The number of hydrogen-bond acceptors (Lipinski definition) is 4. The quantitative estimate of drug-likeness (QED) is 0.231. The number of aryl methyl sites for hydroxylation is 1. The van der Waals surface area contributed by atoms with Crippen LogP contribution in [0, 0.1) is 6.92 Å². The van der Waals surface area contributed by atoms with Gasteiger partial charge in [0.05, 0.1) is 18.4 Å². The van der Waals surface area contributed by atoms with Gasteiger partial charge in [-0.25, -0.2) is 0 Å². The maximum Gasteiger partial charge on any atom is 0.287 e. The first-order chi connectivity index (χ1) is 12.0. The molecule has 1 aliphatic heterocycles. The van der Waals surface area contributed by atoms with E-state index in [2.05, 4.69) is 27.9 Å². The minimum absolute atomic E-state index is 0. The van der Waals surface area contributed by atoms with E-state index < -0.39 is 0 Å². The Hall–Kier alpha value is -1.29. The lowest BCUT2D eigenvalue weighted by Crippen LogP contribution is -2.40. The topological polar surface area (TPSA) is 87.9 Å². The molecule has 1 amide bonds. The van der Waals surface area contributed by atoms with E-state index in [9.17, 15) is 4.79 Å². The highest BCUT2D eigenvalue weighted by Gasteiger charge is 2.29. The molecule has 0 radical (unpaired) electrons. The van der Waals surface area contributed by atoms with Crippen LogP contribution in [0.25, 0.3) is 0 Å². The standard InChI is InChI=1S/C18H30N4O3.HI/c1-4-19-17(22-13-18(3)8-5-11-25-18)21-10-6-9-20-16(23)15-14(2)7-12-24-15;/h7,12H,4-6,8-11,13H2,1-3H3,(H,20,23)(H2,19,21,22);1H. The molecule has 26 heavy (non-hydrogen) atoms. The highest BCUT2D eigenvalue weighted by atomic mass is 127. The first kappa shape index (κ1) is 22.8. The SMILES string of the molecule is CCNC(=NCC1(C)CCCO1)NCCCNC(=O)c1occc1C.I. The number of hydrogen-bond donors (Lipinski definition) is 3. The number of aliphatic imine (C=N–C) groups is 1. The molecule has 7 nitrogen and oxygen atoms in total. The van der Waals surface area contributed by atoms with Crippen molar-refractivity contribution >= 4 is 35.8 Å². The zero-order valence-electron chi connectivity index (χ0n) is 15.9. The summed E-state index contributed by atoms with van der Waals surface area (Å²) in [5.74, 6) is 0.995. The first-order valence-corrected chi connectivity index (χ1v) is 9.02. The lowest BCUT2D eigenvalue weighted by molar-refractivity contribution is 0.0283. The fraction of sp³-hybridized carbons (Fsp3) is 0.667. The van der Waals surface area contributed by atoms with E-state index in [1.54, 1.807) is 6.07 Å². The molecule has 148 valence electrons. The molecule has 1 aromatic rings. The van der Waals surface area contributed by atoms with Crippen LogP contribution in [-0.2, 0) is 4.74 Å². The highest BCUT2D eigenvalue weighted by molar-refractivity contribution is 14.0. The number of halogens is 1. The number of carbonyl (C=O) groups excluding carboxylic acids is 1. The van der Waals surface area contributed by atoms with Crippen molar-refractivity contribution in [3.05, 3.63) is 23.7 Å². The third-order valence-electron chi connectivity index (χ3n) is 4.22. The van der Waals surface area contributed by atoms with E-state index in [1.807, 2.05) is 13.8 Å². The summed E-state index contributed by atoms with van der Waals surface area (Å²) in [6.07, 6.45) is 4.47. The largest absolute Gasteiger partial charge is 0.459 e. The number of guanidine groups is 1. The Balaban J connectivity index is 0.00000338. The number of nitrogens with zero attached hydrogens (tertiary/aromatic N) is 1. The smallest absolute Gasteiger partial charge is 0.287 e. The third-order valence-corrected chi connectivity index (χ3v) is 4.22. The van der Waals surface area contributed by atoms with E-state index in [4.69, 9.17) is 9.15 Å². The average molecular weight is 478 g/mol. The predicted molar refractivity (Wildman–Crippen MR) is 113 cm³/mol. The summed E-state index contributed by atoms with van der Waals surface area (Å²) in [6, 6.07) is 1.78. The van der Waals surface area contributed by atoms with Crippen LogP contribution in [-0.4, -0.2) is 50.3 Å². The van der Waals surface area contributed by atoms with Crippen LogP contribution in [0.15, 0.2) is 21.7 Å². The van der Waals surface area contributed by atoms with Crippen molar-refractivity contribution in [3.8, 4) is 0 Å². The molecule has 1 unspecified atom stereocenters. The zero-order chi connectivity index (χ0) is 18.1. The van der Waals surface area contributed by atoms with Crippen molar-refractivity contribution in [1.82, 2.24) is 16.0 Å². The molecule has 3 N–H and O–H groups in total. The Kier molecular flexibility index (Phi) is 10.0. The van der Waals surface area contributed by atoms with Crippen LogP contribution in [0.5, 0.6) is 0 Å². The van der Waals surface area contributed by atoms with Gasteiger partial charge < -0.3 is 25.1 Å². The molecule has 0 bridgehead atoms. The molecule has 1 atom stereocenters. The number of ether oxygens (including phenoxy) is 1. The number of carbonyl (C=O) groups is 1. The summed E-state index contributed by atoms with van der Waals surface area (Å²) < 4.78 is 10.9. The zero-order valence-corrected chi connectivity index (χ0v) is 18.2. The maximum atomic E-state index is 11.9. The lowest BCUT2D eigenvalue weighted by Gasteiger charge is -2.21. The van der Waals surface area contributed by atoms with Gasteiger partial charge >= 0.3 is 0 Å². The summed E-state index contributed by atoms with van der Waals surface area (Å²) in [5.41, 5.74) is 0.705. The second kappa shape index (κ2) is 11.4. The van der Waals surface area contributed by atoms with Crippen molar-refractivity contribution in [3.63, 3.8) is 0 Å². The fourth-order valence-corrected chi connectivity index (χ4v) is 2.73. The second-order valence-electron chi connectivity index (χ2n) is 6.57. The highest BCUT2D eigenvalue weighted by Crippen LogP contribution is 2.24. The Morgan fingerprint density at radius 2 is 2.08 bits per heavy atom. The molecule has 0 saturated carbocycles. The van der Waals surface area contributed by atoms with Crippen molar-refractivity contribution < 1.29 is 13.9 Å².